The van der Waals surface area contributed by atoms with Crippen LogP contribution in [0.2, 0.25) is 0 Å². The van der Waals surface area contributed by atoms with Gasteiger partial charge in [-0.1, -0.05) is 0 Å². The molecule has 2 aromatic rings. The molecule has 0 saturated heterocycles. The van der Waals surface area contributed by atoms with Crippen LogP contribution in [0.4, 0.5) is 0 Å². The molecule has 2 heterocycles. The van der Waals surface area contributed by atoms with Crippen molar-refractivity contribution in [1.82, 2.24) is 20.0 Å². The highest BCUT2D eigenvalue weighted by atomic mass is 15.3. The van der Waals surface area contributed by atoms with E-state index < -0.39 is 0 Å². The van der Waals surface area contributed by atoms with Gasteiger partial charge in [-0.15, -0.1) is 0 Å². The summed E-state index contributed by atoms with van der Waals surface area (Å²) in [6.45, 7) is 2.87. The number of nitrogens with one attached hydrogen (secondary N) is 1. The van der Waals surface area contributed by atoms with Crippen LogP contribution in [-0.4, -0.2) is 20.0 Å². The molecule has 0 aliphatic heterocycles. The van der Waals surface area contributed by atoms with Gasteiger partial charge in [-0.3, -0.25) is 9.78 Å². The molecular weight excluding hydrogens is 178 g/mol. The number of aryl methyl sites for hydroxylation is 1. The lowest BCUT2D eigenvalue weighted by atomic mass is 10.1. The molecule has 74 valence electrons. The number of nitrogens with zero attached hydrogens (tertiary/aromatic N) is 3. The average molecular weight is 191 g/mol. The third-order valence-corrected chi connectivity index (χ3v) is 2.25. The van der Waals surface area contributed by atoms with E-state index in [-0.39, 0.29) is 6.04 Å². The second kappa shape index (κ2) is 3.63. The Morgan fingerprint density at radius 3 is 3.14 bits per heavy atom. The summed E-state index contributed by atoms with van der Waals surface area (Å²) in [5.41, 5.74) is 8.04. The van der Waals surface area contributed by atoms with Crippen LogP contribution in [0, 0.1) is 0 Å². The van der Waals surface area contributed by atoms with Crippen molar-refractivity contribution in [2.24, 2.45) is 5.73 Å². The molecule has 0 amide bonds. The van der Waals surface area contributed by atoms with Gasteiger partial charge >= 0.3 is 0 Å². The Morgan fingerprint density at radius 1 is 1.64 bits per heavy atom. The number of hydrogen-bond donors (Lipinski definition) is 2. The van der Waals surface area contributed by atoms with E-state index in [0.717, 1.165) is 17.8 Å². The Labute approximate surface area is 81.9 Å². The van der Waals surface area contributed by atoms with Crippen LogP contribution >= 0.6 is 0 Å². The molecule has 1 unspecified atom stereocenters. The molecule has 2 aromatic heterocycles. The van der Waals surface area contributed by atoms with E-state index in [1.165, 1.54) is 0 Å². The molecule has 2 rings (SSSR count). The minimum Gasteiger partial charge on any atom is -0.319 e. The van der Waals surface area contributed by atoms with Crippen LogP contribution in [0.5, 0.6) is 0 Å². The fourth-order valence-corrected chi connectivity index (χ4v) is 1.47. The summed E-state index contributed by atoms with van der Waals surface area (Å²) in [4.78, 5) is 0. The van der Waals surface area contributed by atoms with Gasteiger partial charge in [-0.05, 0) is 13.0 Å². The Balaban J connectivity index is 2.31. The van der Waals surface area contributed by atoms with Gasteiger partial charge in [0.05, 0.1) is 17.9 Å². The number of hydrogen-bond acceptors (Lipinski definition) is 3. The highest BCUT2D eigenvalue weighted by Gasteiger charge is 2.13. The monoisotopic (exact) mass is 191 g/mol. The SMILES string of the molecule is CCn1nccc1C(N)c1cn[nH]c1. The number of aromatic nitrogens is 4. The second-order valence-electron chi connectivity index (χ2n) is 3.08. The molecule has 0 saturated carbocycles. The molecule has 0 aromatic carbocycles. The van der Waals surface area contributed by atoms with Crippen molar-refractivity contribution in [3.63, 3.8) is 0 Å². The van der Waals surface area contributed by atoms with E-state index >= 15 is 0 Å². The van der Waals surface area contributed by atoms with Crippen LogP contribution < -0.4 is 5.73 Å². The molecule has 0 fully saturated rings. The van der Waals surface area contributed by atoms with Crippen molar-refractivity contribution in [2.75, 3.05) is 0 Å². The summed E-state index contributed by atoms with van der Waals surface area (Å²) in [5.74, 6) is 0. The number of H-pyrrole nitrogens is 1. The van der Waals surface area contributed by atoms with Gasteiger partial charge in [-0.2, -0.15) is 10.2 Å². The summed E-state index contributed by atoms with van der Waals surface area (Å²) in [6.07, 6.45) is 5.30. The fraction of sp³-hybridized carbons (Fsp3) is 0.333. The van der Waals surface area contributed by atoms with Crippen LogP contribution in [-0.2, 0) is 6.54 Å². The molecule has 14 heavy (non-hydrogen) atoms. The smallest absolute Gasteiger partial charge is 0.0753 e. The van der Waals surface area contributed by atoms with E-state index in [1.54, 1.807) is 18.6 Å². The van der Waals surface area contributed by atoms with Gasteiger partial charge in [0.1, 0.15) is 0 Å². The maximum absolute atomic E-state index is 6.06. The number of aromatic amines is 1. The third-order valence-electron chi connectivity index (χ3n) is 2.25. The standard InChI is InChI=1S/C9H13N5/c1-2-14-8(3-4-13-14)9(10)7-5-11-12-6-7/h3-6,9H,2,10H2,1H3,(H,11,12). The Hall–Kier alpha value is -1.62. The predicted molar refractivity (Wildman–Crippen MR) is 52.5 cm³/mol. The van der Waals surface area contributed by atoms with Crippen molar-refractivity contribution >= 4 is 0 Å². The molecule has 0 radical (unpaired) electrons. The highest BCUT2D eigenvalue weighted by Crippen LogP contribution is 2.17. The lowest BCUT2D eigenvalue weighted by molar-refractivity contribution is 0.601. The summed E-state index contributed by atoms with van der Waals surface area (Å²) in [5, 5.41) is 10.8. The topological polar surface area (TPSA) is 72.5 Å². The van der Waals surface area contributed by atoms with Crippen molar-refractivity contribution in [1.29, 1.82) is 0 Å². The van der Waals surface area contributed by atoms with E-state index in [4.69, 9.17) is 5.73 Å². The van der Waals surface area contributed by atoms with Crippen molar-refractivity contribution in [3.05, 3.63) is 35.9 Å². The average Bonchev–Trinajstić information content (AvgIpc) is 2.87. The van der Waals surface area contributed by atoms with Gasteiger partial charge in [0, 0.05) is 24.5 Å². The van der Waals surface area contributed by atoms with Gasteiger partial charge in [0.15, 0.2) is 0 Å². The molecule has 0 aliphatic rings. The summed E-state index contributed by atoms with van der Waals surface area (Å²) < 4.78 is 1.89. The quantitative estimate of drug-likeness (QED) is 0.749. The molecule has 5 heteroatoms. The summed E-state index contributed by atoms with van der Waals surface area (Å²) in [6, 6.07) is 1.78. The van der Waals surface area contributed by atoms with Crippen molar-refractivity contribution in [2.45, 2.75) is 19.5 Å². The minimum atomic E-state index is -0.156. The lowest BCUT2D eigenvalue weighted by Gasteiger charge is -2.10. The first-order valence-corrected chi connectivity index (χ1v) is 4.59. The van der Waals surface area contributed by atoms with E-state index in [9.17, 15) is 0 Å². The first-order chi connectivity index (χ1) is 6.83. The first kappa shape index (κ1) is 8.96. The molecule has 0 bridgehead atoms. The van der Waals surface area contributed by atoms with E-state index in [0.29, 0.717) is 0 Å². The Morgan fingerprint density at radius 2 is 2.50 bits per heavy atom. The maximum atomic E-state index is 6.06. The van der Waals surface area contributed by atoms with Gasteiger partial charge in [0.25, 0.3) is 0 Å². The highest BCUT2D eigenvalue weighted by molar-refractivity contribution is 5.22. The zero-order valence-electron chi connectivity index (χ0n) is 8.01. The lowest BCUT2D eigenvalue weighted by Crippen LogP contribution is -2.16. The largest absolute Gasteiger partial charge is 0.319 e. The van der Waals surface area contributed by atoms with Crippen molar-refractivity contribution in [3.8, 4) is 0 Å². The summed E-state index contributed by atoms with van der Waals surface area (Å²) >= 11 is 0. The van der Waals surface area contributed by atoms with Gasteiger partial charge in [0.2, 0.25) is 0 Å². The minimum absolute atomic E-state index is 0.156. The molecule has 0 aliphatic carbocycles. The molecule has 1 atom stereocenters. The molecule has 0 spiro atoms. The molecule has 5 nitrogen and oxygen atoms in total. The normalized spacial score (nSPS) is 13.0. The predicted octanol–water partition coefficient (Wildman–Crippen LogP) is 0.674. The van der Waals surface area contributed by atoms with Crippen LogP contribution in [0.1, 0.15) is 24.2 Å². The molecule has 3 N–H and O–H groups in total. The van der Waals surface area contributed by atoms with E-state index in [2.05, 4.69) is 15.3 Å². The summed E-state index contributed by atoms with van der Waals surface area (Å²) in [7, 11) is 0. The van der Waals surface area contributed by atoms with E-state index in [1.807, 2.05) is 17.7 Å². The fourth-order valence-electron chi connectivity index (χ4n) is 1.47. The van der Waals surface area contributed by atoms with Gasteiger partial charge < -0.3 is 5.73 Å². The maximum Gasteiger partial charge on any atom is 0.0753 e. The Kier molecular flexibility index (Phi) is 2.32. The zero-order valence-corrected chi connectivity index (χ0v) is 8.01. The Bertz CT molecular complexity index is 389. The number of nitrogens with two attached hydrogens (primary N) is 1. The van der Waals surface area contributed by atoms with Gasteiger partial charge in [-0.25, -0.2) is 0 Å². The van der Waals surface area contributed by atoms with Crippen molar-refractivity contribution < 1.29 is 0 Å². The first-order valence-electron chi connectivity index (χ1n) is 4.59. The molecular formula is C9H13N5. The van der Waals surface area contributed by atoms with Crippen LogP contribution in [0.15, 0.2) is 24.7 Å². The third kappa shape index (κ3) is 1.42. The number of rotatable bonds is 3. The second-order valence-corrected chi connectivity index (χ2v) is 3.08. The van der Waals surface area contributed by atoms with Crippen LogP contribution in [0.3, 0.4) is 0 Å². The van der Waals surface area contributed by atoms with Crippen LogP contribution in [0.25, 0.3) is 0 Å². The zero-order chi connectivity index (χ0) is 9.97.